The summed E-state index contributed by atoms with van der Waals surface area (Å²) in [6.45, 7) is 0.853. The van der Waals surface area contributed by atoms with Gasteiger partial charge in [0, 0.05) is 23.4 Å². The van der Waals surface area contributed by atoms with E-state index < -0.39 is 12.2 Å². The first-order chi connectivity index (χ1) is 10.6. The van der Waals surface area contributed by atoms with Crippen molar-refractivity contribution >= 4 is 11.6 Å². The highest BCUT2D eigenvalue weighted by Crippen LogP contribution is 2.19. The lowest BCUT2D eigenvalue weighted by Crippen LogP contribution is -2.15. The molecule has 0 aliphatic rings. The Morgan fingerprint density at radius 2 is 1.82 bits per heavy atom. The number of rotatable bonds is 6. The molecule has 0 spiro atoms. The molecule has 116 valence electrons. The summed E-state index contributed by atoms with van der Waals surface area (Å²) >= 11 is 0. The summed E-state index contributed by atoms with van der Waals surface area (Å²) in [7, 11) is 0. The number of hydrogen-bond acceptors (Lipinski definition) is 5. The second-order valence-electron chi connectivity index (χ2n) is 4.58. The van der Waals surface area contributed by atoms with Gasteiger partial charge in [-0.1, -0.05) is 18.2 Å². The molecule has 0 aliphatic heterocycles. The Morgan fingerprint density at radius 3 is 2.45 bits per heavy atom. The molecule has 22 heavy (non-hydrogen) atoms. The SMILES string of the molecule is NCCOc1ccc(NC(=O)c2ccccc2C(O)O)cc1. The number of ether oxygens (including phenoxy) is 1. The second-order valence-corrected chi connectivity index (χ2v) is 4.58. The number of anilines is 1. The van der Waals surface area contributed by atoms with Gasteiger partial charge in [0.25, 0.3) is 5.91 Å². The molecular formula is C16H18N2O4. The smallest absolute Gasteiger partial charge is 0.256 e. The van der Waals surface area contributed by atoms with Gasteiger partial charge in [0.2, 0.25) is 0 Å². The molecule has 0 bridgehead atoms. The third kappa shape index (κ3) is 4.05. The van der Waals surface area contributed by atoms with Gasteiger partial charge in [-0.3, -0.25) is 4.79 Å². The first-order valence-electron chi connectivity index (χ1n) is 6.81. The fourth-order valence-electron chi connectivity index (χ4n) is 1.94. The van der Waals surface area contributed by atoms with E-state index in [-0.39, 0.29) is 11.1 Å². The summed E-state index contributed by atoms with van der Waals surface area (Å²) < 4.78 is 5.35. The summed E-state index contributed by atoms with van der Waals surface area (Å²) in [4.78, 5) is 12.2. The first kappa shape index (κ1) is 16.0. The van der Waals surface area contributed by atoms with E-state index in [1.54, 1.807) is 36.4 Å². The molecule has 0 aromatic heterocycles. The molecule has 2 aromatic carbocycles. The minimum atomic E-state index is -1.70. The van der Waals surface area contributed by atoms with Crippen LogP contribution in [0.25, 0.3) is 0 Å². The lowest BCUT2D eigenvalue weighted by atomic mass is 10.1. The van der Waals surface area contributed by atoms with Crippen LogP contribution >= 0.6 is 0 Å². The maximum atomic E-state index is 12.2. The van der Waals surface area contributed by atoms with Crippen molar-refractivity contribution in [3.63, 3.8) is 0 Å². The van der Waals surface area contributed by atoms with Crippen LogP contribution in [0.1, 0.15) is 22.2 Å². The van der Waals surface area contributed by atoms with Gasteiger partial charge in [0.1, 0.15) is 12.4 Å². The Hall–Kier alpha value is -2.41. The number of aliphatic hydroxyl groups is 2. The van der Waals surface area contributed by atoms with Crippen LogP contribution in [0.15, 0.2) is 48.5 Å². The van der Waals surface area contributed by atoms with Gasteiger partial charge in [-0.05, 0) is 30.3 Å². The molecule has 0 unspecified atom stereocenters. The van der Waals surface area contributed by atoms with E-state index in [0.717, 1.165) is 0 Å². The third-order valence-corrected chi connectivity index (χ3v) is 2.98. The van der Waals surface area contributed by atoms with Crippen molar-refractivity contribution in [2.45, 2.75) is 6.29 Å². The van der Waals surface area contributed by atoms with E-state index in [9.17, 15) is 15.0 Å². The van der Waals surface area contributed by atoms with Gasteiger partial charge >= 0.3 is 0 Å². The molecule has 0 atom stereocenters. The molecule has 0 fully saturated rings. The lowest BCUT2D eigenvalue weighted by Gasteiger charge is -2.12. The van der Waals surface area contributed by atoms with Crippen LogP contribution in [0.2, 0.25) is 0 Å². The van der Waals surface area contributed by atoms with E-state index in [1.807, 2.05) is 0 Å². The quantitative estimate of drug-likeness (QED) is 0.601. The van der Waals surface area contributed by atoms with Crippen LogP contribution in [0, 0.1) is 0 Å². The maximum Gasteiger partial charge on any atom is 0.256 e. The van der Waals surface area contributed by atoms with Crippen molar-refractivity contribution in [2.24, 2.45) is 5.73 Å². The number of aliphatic hydroxyl groups excluding tert-OH is 1. The maximum absolute atomic E-state index is 12.2. The van der Waals surface area contributed by atoms with Gasteiger partial charge in [-0.2, -0.15) is 0 Å². The molecule has 2 aromatic rings. The Morgan fingerprint density at radius 1 is 1.14 bits per heavy atom. The topological polar surface area (TPSA) is 105 Å². The minimum absolute atomic E-state index is 0.155. The van der Waals surface area contributed by atoms with Crippen LogP contribution in [-0.2, 0) is 0 Å². The van der Waals surface area contributed by atoms with Crippen molar-refractivity contribution < 1.29 is 19.7 Å². The van der Waals surface area contributed by atoms with Crippen molar-refractivity contribution in [2.75, 3.05) is 18.5 Å². The number of carbonyl (C=O) groups excluding carboxylic acids is 1. The lowest BCUT2D eigenvalue weighted by molar-refractivity contribution is -0.0429. The van der Waals surface area contributed by atoms with Gasteiger partial charge in [0.05, 0.1) is 0 Å². The summed E-state index contributed by atoms with van der Waals surface area (Å²) in [6, 6.07) is 13.1. The van der Waals surface area contributed by atoms with E-state index in [1.165, 1.54) is 12.1 Å². The van der Waals surface area contributed by atoms with Crippen molar-refractivity contribution in [1.82, 2.24) is 0 Å². The standard InChI is InChI=1S/C16H18N2O4/c17-9-10-22-12-7-5-11(6-8-12)18-15(19)13-3-1-2-4-14(13)16(20)21/h1-8,16,20-21H,9-10,17H2,(H,18,19). The largest absolute Gasteiger partial charge is 0.492 e. The molecule has 5 N–H and O–H groups in total. The van der Waals surface area contributed by atoms with Gasteiger partial charge in [-0.15, -0.1) is 0 Å². The van der Waals surface area contributed by atoms with E-state index in [4.69, 9.17) is 10.5 Å². The average Bonchev–Trinajstić information content (AvgIpc) is 2.54. The van der Waals surface area contributed by atoms with E-state index in [0.29, 0.717) is 24.6 Å². The zero-order chi connectivity index (χ0) is 15.9. The monoisotopic (exact) mass is 302 g/mol. The van der Waals surface area contributed by atoms with Crippen LogP contribution in [0.3, 0.4) is 0 Å². The van der Waals surface area contributed by atoms with Crippen molar-refractivity contribution in [1.29, 1.82) is 0 Å². The predicted molar refractivity (Wildman–Crippen MR) is 82.6 cm³/mol. The number of benzene rings is 2. The normalized spacial score (nSPS) is 10.5. The number of nitrogens with one attached hydrogen (secondary N) is 1. The number of nitrogens with two attached hydrogens (primary N) is 1. The molecule has 0 heterocycles. The Balaban J connectivity index is 2.09. The Bertz CT molecular complexity index is 626. The van der Waals surface area contributed by atoms with Crippen molar-refractivity contribution in [3.05, 3.63) is 59.7 Å². The zero-order valence-electron chi connectivity index (χ0n) is 11.9. The highest BCUT2D eigenvalue weighted by Gasteiger charge is 2.15. The van der Waals surface area contributed by atoms with Gasteiger partial charge in [-0.25, -0.2) is 0 Å². The summed E-state index contributed by atoms with van der Waals surface area (Å²) in [5.74, 6) is 0.244. The molecular weight excluding hydrogens is 284 g/mol. The average molecular weight is 302 g/mol. The molecule has 6 heteroatoms. The molecule has 0 saturated heterocycles. The van der Waals surface area contributed by atoms with Crippen LogP contribution in [0.4, 0.5) is 5.69 Å². The Kier molecular flexibility index (Phi) is 5.48. The highest BCUT2D eigenvalue weighted by molar-refractivity contribution is 6.05. The van der Waals surface area contributed by atoms with Crippen LogP contribution in [0.5, 0.6) is 5.75 Å². The molecule has 0 aliphatic carbocycles. The zero-order valence-corrected chi connectivity index (χ0v) is 11.9. The molecule has 1 amide bonds. The molecule has 0 saturated carbocycles. The number of hydrogen-bond donors (Lipinski definition) is 4. The first-order valence-corrected chi connectivity index (χ1v) is 6.81. The molecule has 0 radical (unpaired) electrons. The predicted octanol–water partition coefficient (Wildman–Crippen LogP) is 1.26. The number of carbonyl (C=O) groups is 1. The van der Waals surface area contributed by atoms with Crippen LogP contribution in [-0.4, -0.2) is 29.3 Å². The summed E-state index contributed by atoms with van der Waals surface area (Å²) in [6.07, 6.45) is -1.70. The fourth-order valence-corrected chi connectivity index (χ4v) is 1.94. The van der Waals surface area contributed by atoms with Crippen molar-refractivity contribution in [3.8, 4) is 5.75 Å². The fraction of sp³-hybridized carbons (Fsp3) is 0.188. The van der Waals surface area contributed by atoms with Crippen LogP contribution < -0.4 is 15.8 Å². The molecule has 2 rings (SSSR count). The number of amides is 1. The molecule has 6 nitrogen and oxygen atoms in total. The van der Waals surface area contributed by atoms with Gasteiger partial charge < -0.3 is 26.0 Å². The third-order valence-electron chi connectivity index (χ3n) is 2.98. The van der Waals surface area contributed by atoms with Gasteiger partial charge in [0.15, 0.2) is 6.29 Å². The highest BCUT2D eigenvalue weighted by atomic mass is 16.5. The van der Waals surface area contributed by atoms with E-state index in [2.05, 4.69) is 5.32 Å². The minimum Gasteiger partial charge on any atom is -0.492 e. The Labute approximate surface area is 128 Å². The second kappa shape index (κ2) is 7.56. The van der Waals surface area contributed by atoms with E-state index >= 15 is 0 Å². The summed E-state index contributed by atoms with van der Waals surface area (Å²) in [5.41, 5.74) is 6.29. The summed E-state index contributed by atoms with van der Waals surface area (Å²) in [5, 5.41) is 21.3.